The fraction of sp³-hybridized carbons (Fsp3) is 1.00. The molecule has 0 radical (unpaired) electrons. The van der Waals surface area contributed by atoms with Gasteiger partial charge in [0.15, 0.2) is 0 Å². The van der Waals surface area contributed by atoms with Gasteiger partial charge in [-0.2, -0.15) is 8.42 Å². The van der Waals surface area contributed by atoms with Crippen LogP contribution in [0.3, 0.4) is 0 Å². The van der Waals surface area contributed by atoms with Gasteiger partial charge in [0.1, 0.15) is 0 Å². The number of hydrogen-bond donors (Lipinski definition) is 1. The molecule has 0 saturated heterocycles. The highest BCUT2D eigenvalue weighted by Gasteiger charge is 2.00. The Kier molecular flexibility index (Phi) is 12.4. The first-order chi connectivity index (χ1) is 3.56. The standard InChI is InChI=1S/C4H10O3S.BrH.FH/c1-2-3-4-8(5,6)7;;/h2-4H2,1H3,(H,5,6,7);2*1H. The van der Waals surface area contributed by atoms with Crippen molar-refractivity contribution in [2.75, 3.05) is 5.75 Å². The molecule has 0 aromatic rings. The highest BCUT2D eigenvalue weighted by atomic mass is 79.9. The Balaban J connectivity index is -0.000000245. The van der Waals surface area contributed by atoms with Crippen LogP contribution in [-0.2, 0) is 10.1 Å². The molecule has 0 aromatic carbocycles. The number of hydrogen-bond acceptors (Lipinski definition) is 2. The van der Waals surface area contributed by atoms with Crippen molar-refractivity contribution in [1.82, 2.24) is 0 Å². The maximum Gasteiger partial charge on any atom is 0.264 e. The zero-order valence-electron chi connectivity index (χ0n) is 5.61. The summed E-state index contributed by atoms with van der Waals surface area (Å²) in [5.41, 5.74) is 0. The molecule has 3 nitrogen and oxygen atoms in total. The Morgan fingerprint density at radius 3 is 1.90 bits per heavy atom. The molecule has 0 rings (SSSR count). The molecule has 6 heteroatoms. The topological polar surface area (TPSA) is 54.4 Å². The zero-order chi connectivity index (χ0) is 6.62. The van der Waals surface area contributed by atoms with Crippen LogP contribution in [0.5, 0.6) is 0 Å². The van der Waals surface area contributed by atoms with Gasteiger partial charge >= 0.3 is 0 Å². The molecule has 66 valence electrons. The lowest BCUT2D eigenvalue weighted by atomic mass is 10.4. The molecule has 1 N–H and O–H groups in total. The average molecular weight is 239 g/mol. The van der Waals surface area contributed by atoms with Crippen LogP contribution in [0.15, 0.2) is 0 Å². The summed E-state index contributed by atoms with van der Waals surface area (Å²) in [6.07, 6.45) is 1.33. The highest BCUT2D eigenvalue weighted by molar-refractivity contribution is 8.93. The van der Waals surface area contributed by atoms with E-state index in [9.17, 15) is 8.42 Å². The molecule has 0 unspecified atom stereocenters. The second kappa shape index (κ2) is 7.43. The first-order valence-electron chi connectivity index (χ1n) is 2.51. The van der Waals surface area contributed by atoms with E-state index in [1.807, 2.05) is 6.92 Å². The van der Waals surface area contributed by atoms with Crippen LogP contribution in [0, 0.1) is 0 Å². The summed E-state index contributed by atoms with van der Waals surface area (Å²) < 4.78 is 28.0. The largest absolute Gasteiger partial charge is 0.286 e. The molecule has 0 spiro atoms. The van der Waals surface area contributed by atoms with Crippen molar-refractivity contribution in [3.63, 3.8) is 0 Å². The molecule has 0 atom stereocenters. The Bertz CT molecular complexity index is 145. The van der Waals surface area contributed by atoms with Gasteiger partial charge in [-0.15, -0.1) is 17.0 Å². The van der Waals surface area contributed by atoms with Gasteiger partial charge in [-0.05, 0) is 6.42 Å². The van der Waals surface area contributed by atoms with Gasteiger partial charge in [-0.1, -0.05) is 13.3 Å². The van der Waals surface area contributed by atoms with Gasteiger partial charge in [0.2, 0.25) is 0 Å². The number of halogens is 2. The maximum absolute atomic E-state index is 9.95. The summed E-state index contributed by atoms with van der Waals surface area (Å²) in [6.45, 7) is 1.87. The molecule has 0 aromatic heterocycles. The predicted octanol–water partition coefficient (Wildman–Crippen LogP) is 1.40. The lowest BCUT2D eigenvalue weighted by molar-refractivity contribution is 0.480. The van der Waals surface area contributed by atoms with Gasteiger partial charge < -0.3 is 0 Å². The van der Waals surface area contributed by atoms with Crippen LogP contribution in [-0.4, -0.2) is 18.7 Å². The summed E-state index contributed by atoms with van der Waals surface area (Å²) in [5.74, 6) is -0.108. The van der Waals surface area contributed by atoms with Crippen molar-refractivity contribution < 1.29 is 17.7 Å². The van der Waals surface area contributed by atoms with E-state index >= 15 is 0 Å². The minimum atomic E-state index is -3.69. The fourth-order valence-electron chi connectivity index (χ4n) is 0.327. The van der Waals surface area contributed by atoms with Crippen LogP contribution in [0.1, 0.15) is 19.8 Å². The molecule has 0 aliphatic carbocycles. The summed E-state index contributed by atoms with van der Waals surface area (Å²) in [5, 5.41) is 0. The van der Waals surface area contributed by atoms with E-state index in [1.165, 1.54) is 0 Å². The monoisotopic (exact) mass is 238 g/mol. The zero-order valence-corrected chi connectivity index (χ0v) is 8.14. The molecular weight excluding hydrogens is 227 g/mol. The third-order valence-electron chi connectivity index (χ3n) is 0.756. The maximum atomic E-state index is 9.95. The third kappa shape index (κ3) is 15.8. The molecular formula is C4H12BrFO3S. The van der Waals surface area contributed by atoms with Crippen LogP contribution < -0.4 is 0 Å². The Morgan fingerprint density at radius 1 is 1.40 bits per heavy atom. The van der Waals surface area contributed by atoms with Gasteiger partial charge in [0.25, 0.3) is 10.1 Å². The van der Waals surface area contributed by atoms with Gasteiger partial charge in [0, 0.05) is 0 Å². The molecule has 0 amide bonds. The van der Waals surface area contributed by atoms with Crippen molar-refractivity contribution in [2.45, 2.75) is 19.8 Å². The van der Waals surface area contributed by atoms with Gasteiger partial charge in [0.05, 0.1) is 5.75 Å². The Hall–Kier alpha value is 0.320. The summed E-state index contributed by atoms with van der Waals surface area (Å²) >= 11 is 0. The van der Waals surface area contributed by atoms with Crippen LogP contribution >= 0.6 is 17.0 Å². The van der Waals surface area contributed by atoms with Crippen molar-refractivity contribution in [3.8, 4) is 0 Å². The fourth-order valence-corrected chi connectivity index (χ4v) is 0.980. The summed E-state index contributed by atoms with van der Waals surface area (Å²) in [7, 11) is -3.69. The van der Waals surface area contributed by atoms with Gasteiger partial charge in [-0.25, -0.2) is 0 Å². The van der Waals surface area contributed by atoms with E-state index in [4.69, 9.17) is 4.55 Å². The summed E-state index contributed by atoms with van der Waals surface area (Å²) in [4.78, 5) is 0. The lowest BCUT2D eigenvalue weighted by Crippen LogP contribution is -2.02. The first kappa shape index (κ1) is 16.7. The highest BCUT2D eigenvalue weighted by Crippen LogP contribution is 1.90. The van der Waals surface area contributed by atoms with E-state index in [-0.39, 0.29) is 27.4 Å². The molecule has 0 fully saturated rings. The van der Waals surface area contributed by atoms with Crippen molar-refractivity contribution in [2.24, 2.45) is 0 Å². The third-order valence-corrected chi connectivity index (χ3v) is 1.56. The van der Waals surface area contributed by atoms with Crippen molar-refractivity contribution >= 4 is 27.1 Å². The Labute approximate surface area is 70.7 Å². The summed E-state index contributed by atoms with van der Waals surface area (Å²) in [6, 6.07) is 0. The molecule has 0 aliphatic rings. The molecule has 10 heavy (non-hydrogen) atoms. The molecule has 0 bridgehead atoms. The number of unbranched alkanes of at least 4 members (excludes halogenated alkanes) is 1. The van der Waals surface area contributed by atoms with Crippen LogP contribution in [0.25, 0.3) is 0 Å². The quantitative estimate of drug-likeness (QED) is 0.757. The van der Waals surface area contributed by atoms with E-state index in [2.05, 4.69) is 0 Å². The van der Waals surface area contributed by atoms with Crippen LogP contribution in [0.2, 0.25) is 0 Å². The average Bonchev–Trinajstić information content (AvgIpc) is 1.59. The molecule has 0 heterocycles. The molecule has 0 saturated carbocycles. The normalized spacial score (nSPS) is 9.40. The minimum Gasteiger partial charge on any atom is -0.286 e. The first-order valence-corrected chi connectivity index (χ1v) is 4.12. The van der Waals surface area contributed by atoms with E-state index in [0.29, 0.717) is 6.42 Å². The van der Waals surface area contributed by atoms with Crippen LogP contribution in [0.4, 0.5) is 4.70 Å². The van der Waals surface area contributed by atoms with Crippen molar-refractivity contribution in [3.05, 3.63) is 0 Å². The molecule has 0 aliphatic heterocycles. The van der Waals surface area contributed by atoms with E-state index in [1.54, 1.807) is 0 Å². The number of rotatable bonds is 3. The second-order valence-electron chi connectivity index (χ2n) is 1.64. The predicted molar refractivity (Wildman–Crippen MR) is 44.1 cm³/mol. The SMILES string of the molecule is Br.CCCCS(=O)(=O)O.F. The van der Waals surface area contributed by atoms with Gasteiger partial charge in [-0.3, -0.25) is 9.26 Å². The van der Waals surface area contributed by atoms with Crippen molar-refractivity contribution in [1.29, 1.82) is 0 Å². The second-order valence-corrected chi connectivity index (χ2v) is 3.21. The lowest BCUT2D eigenvalue weighted by Gasteiger charge is -1.90. The minimum absolute atomic E-state index is 0. The van der Waals surface area contributed by atoms with E-state index in [0.717, 1.165) is 6.42 Å². The van der Waals surface area contributed by atoms with E-state index < -0.39 is 10.1 Å². The Morgan fingerprint density at radius 2 is 1.80 bits per heavy atom. The smallest absolute Gasteiger partial charge is 0.264 e.